The monoisotopic (exact) mass is 275 g/mol. The molecule has 2 N–H and O–H groups in total. The van der Waals surface area contributed by atoms with E-state index in [1.807, 2.05) is 0 Å². The molecule has 1 aromatic carbocycles. The SMILES string of the molecule is CCCC[C@@H]1[C@@H](C)[C@H]1C(=O)Nc1ccc(C(=O)O)cc1. The number of benzene rings is 1. The number of nitrogens with one attached hydrogen (secondary N) is 1. The van der Waals surface area contributed by atoms with Gasteiger partial charge >= 0.3 is 5.97 Å². The van der Waals surface area contributed by atoms with Gasteiger partial charge < -0.3 is 10.4 Å². The number of carbonyl (C=O) groups is 2. The molecule has 0 unspecified atom stereocenters. The van der Waals surface area contributed by atoms with E-state index < -0.39 is 5.97 Å². The third kappa shape index (κ3) is 3.18. The van der Waals surface area contributed by atoms with Crippen molar-refractivity contribution in [2.24, 2.45) is 17.8 Å². The first-order valence-corrected chi connectivity index (χ1v) is 7.18. The highest BCUT2D eigenvalue weighted by molar-refractivity contribution is 5.95. The number of unbranched alkanes of at least 4 members (excludes halogenated alkanes) is 1. The quantitative estimate of drug-likeness (QED) is 0.836. The lowest BCUT2D eigenvalue weighted by atomic mass is 10.1. The Balaban J connectivity index is 1.90. The Hall–Kier alpha value is -1.84. The molecule has 0 radical (unpaired) electrons. The van der Waals surface area contributed by atoms with Gasteiger partial charge in [-0.15, -0.1) is 0 Å². The minimum Gasteiger partial charge on any atom is -0.478 e. The van der Waals surface area contributed by atoms with E-state index in [9.17, 15) is 9.59 Å². The van der Waals surface area contributed by atoms with Gasteiger partial charge in [0.15, 0.2) is 0 Å². The van der Waals surface area contributed by atoms with E-state index in [0.717, 1.165) is 12.8 Å². The highest BCUT2D eigenvalue weighted by atomic mass is 16.4. The van der Waals surface area contributed by atoms with Crippen LogP contribution in [0.1, 0.15) is 43.5 Å². The van der Waals surface area contributed by atoms with Gasteiger partial charge in [-0.1, -0.05) is 26.7 Å². The standard InChI is InChI=1S/C16H21NO3/c1-3-4-5-13-10(2)14(13)15(18)17-12-8-6-11(7-9-12)16(19)20/h6-10,13-14H,3-5H2,1-2H3,(H,17,18)(H,19,20)/t10-,13-,14-/m1/s1. The maximum Gasteiger partial charge on any atom is 0.335 e. The van der Waals surface area contributed by atoms with Crippen LogP contribution in [0.25, 0.3) is 0 Å². The molecule has 2 rings (SSSR count). The first-order valence-electron chi connectivity index (χ1n) is 7.18. The molecule has 0 bridgehead atoms. The molecule has 0 spiro atoms. The second-order valence-corrected chi connectivity index (χ2v) is 5.56. The third-order valence-corrected chi connectivity index (χ3v) is 4.16. The average Bonchev–Trinajstić information content (AvgIpc) is 3.07. The number of amides is 1. The molecule has 1 fully saturated rings. The van der Waals surface area contributed by atoms with E-state index in [0.29, 0.717) is 17.5 Å². The summed E-state index contributed by atoms with van der Waals surface area (Å²) in [6.45, 7) is 4.28. The smallest absolute Gasteiger partial charge is 0.335 e. The van der Waals surface area contributed by atoms with E-state index in [1.54, 1.807) is 12.1 Å². The van der Waals surface area contributed by atoms with Crippen molar-refractivity contribution in [2.45, 2.75) is 33.1 Å². The van der Waals surface area contributed by atoms with Crippen LogP contribution in [-0.4, -0.2) is 17.0 Å². The molecule has 3 atom stereocenters. The number of hydrogen-bond acceptors (Lipinski definition) is 2. The topological polar surface area (TPSA) is 66.4 Å². The molecule has 4 heteroatoms. The number of rotatable bonds is 6. The molecule has 20 heavy (non-hydrogen) atoms. The Morgan fingerprint density at radius 1 is 1.25 bits per heavy atom. The molecule has 1 aromatic rings. The summed E-state index contributed by atoms with van der Waals surface area (Å²) in [7, 11) is 0. The fraction of sp³-hybridized carbons (Fsp3) is 0.500. The molecule has 1 aliphatic carbocycles. The van der Waals surface area contributed by atoms with Crippen molar-refractivity contribution < 1.29 is 14.7 Å². The lowest BCUT2D eigenvalue weighted by Gasteiger charge is -2.05. The van der Waals surface area contributed by atoms with Crippen LogP contribution < -0.4 is 5.32 Å². The number of carboxylic acid groups (broad SMARTS) is 1. The summed E-state index contributed by atoms with van der Waals surface area (Å²) in [6, 6.07) is 6.27. The van der Waals surface area contributed by atoms with Gasteiger partial charge in [0.1, 0.15) is 0 Å². The molecule has 4 nitrogen and oxygen atoms in total. The van der Waals surface area contributed by atoms with E-state index >= 15 is 0 Å². The number of anilines is 1. The van der Waals surface area contributed by atoms with Gasteiger partial charge in [0.2, 0.25) is 5.91 Å². The Morgan fingerprint density at radius 3 is 2.45 bits per heavy atom. The second-order valence-electron chi connectivity index (χ2n) is 5.56. The van der Waals surface area contributed by atoms with Crippen molar-refractivity contribution in [2.75, 3.05) is 5.32 Å². The summed E-state index contributed by atoms with van der Waals surface area (Å²) in [5, 5.41) is 11.7. The normalized spacial score (nSPS) is 24.2. The summed E-state index contributed by atoms with van der Waals surface area (Å²) in [6.07, 6.45) is 3.45. The maximum atomic E-state index is 12.2. The Kier molecular flexibility index (Phi) is 4.42. The van der Waals surface area contributed by atoms with Gasteiger partial charge in [-0.2, -0.15) is 0 Å². The zero-order chi connectivity index (χ0) is 14.7. The fourth-order valence-electron chi connectivity index (χ4n) is 2.78. The molecule has 1 amide bonds. The third-order valence-electron chi connectivity index (χ3n) is 4.16. The van der Waals surface area contributed by atoms with Crippen molar-refractivity contribution in [1.29, 1.82) is 0 Å². The van der Waals surface area contributed by atoms with Crippen molar-refractivity contribution in [3.05, 3.63) is 29.8 Å². The van der Waals surface area contributed by atoms with Crippen LogP contribution in [0.5, 0.6) is 0 Å². The summed E-state index contributed by atoms with van der Waals surface area (Å²) in [5.41, 5.74) is 0.886. The number of carbonyl (C=O) groups excluding carboxylic acids is 1. The molecule has 0 heterocycles. The average molecular weight is 275 g/mol. The molecule has 0 aliphatic heterocycles. The molecule has 1 saturated carbocycles. The van der Waals surface area contributed by atoms with Crippen molar-refractivity contribution >= 4 is 17.6 Å². The molecular weight excluding hydrogens is 254 g/mol. The van der Waals surface area contributed by atoms with Gasteiger partial charge in [0.25, 0.3) is 0 Å². The minimum absolute atomic E-state index is 0.0571. The summed E-state index contributed by atoms with van der Waals surface area (Å²) >= 11 is 0. The Bertz CT molecular complexity index is 495. The Morgan fingerprint density at radius 2 is 1.90 bits per heavy atom. The van der Waals surface area contributed by atoms with Crippen LogP contribution in [0, 0.1) is 17.8 Å². The maximum absolute atomic E-state index is 12.2. The first kappa shape index (κ1) is 14.6. The highest BCUT2D eigenvalue weighted by Crippen LogP contribution is 2.49. The van der Waals surface area contributed by atoms with Gasteiger partial charge in [-0.3, -0.25) is 4.79 Å². The van der Waals surface area contributed by atoms with Crippen LogP contribution in [0.3, 0.4) is 0 Å². The van der Waals surface area contributed by atoms with E-state index in [2.05, 4.69) is 19.2 Å². The number of aromatic carboxylic acids is 1. The molecule has 1 aliphatic rings. The van der Waals surface area contributed by atoms with Crippen LogP contribution >= 0.6 is 0 Å². The minimum atomic E-state index is -0.960. The highest BCUT2D eigenvalue weighted by Gasteiger charge is 2.50. The zero-order valence-corrected chi connectivity index (χ0v) is 11.9. The number of carboxylic acids is 1. The van der Waals surface area contributed by atoms with Crippen molar-refractivity contribution in [3.8, 4) is 0 Å². The van der Waals surface area contributed by atoms with Crippen LogP contribution in [-0.2, 0) is 4.79 Å². The largest absolute Gasteiger partial charge is 0.478 e. The van der Waals surface area contributed by atoms with Gasteiger partial charge in [-0.05, 0) is 42.5 Å². The van der Waals surface area contributed by atoms with E-state index in [1.165, 1.54) is 18.6 Å². The van der Waals surface area contributed by atoms with E-state index in [4.69, 9.17) is 5.11 Å². The predicted molar refractivity (Wildman–Crippen MR) is 77.7 cm³/mol. The molecule has 0 saturated heterocycles. The molecule has 108 valence electrons. The van der Waals surface area contributed by atoms with Gasteiger partial charge in [0.05, 0.1) is 5.56 Å². The molecule has 0 aromatic heterocycles. The predicted octanol–water partition coefficient (Wildman–Crippen LogP) is 3.40. The van der Waals surface area contributed by atoms with Crippen LogP contribution in [0.2, 0.25) is 0 Å². The lowest BCUT2D eigenvalue weighted by Crippen LogP contribution is -2.15. The summed E-state index contributed by atoms with van der Waals surface area (Å²) < 4.78 is 0. The molecular formula is C16H21NO3. The summed E-state index contributed by atoms with van der Waals surface area (Å²) in [5.74, 6) is 0.175. The lowest BCUT2D eigenvalue weighted by molar-refractivity contribution is -0.117. The van der Waals surface area contributed by atoms with E-state index in [-0.39, 0.29) is 17.4 Å². The fourth-order valence-corrected chi connectivity index (χ4v) is 2.78. The zero-order valence-electron chi connectivity index (χ0n) is 11.9. The number of hydrogen-bond donors (Lipinski definition) is 2. The second kappa shape index (κ2) is 6.07. The van der Waals surface area contributed by atoms with Crippen LogP contribution in [0.15, 0.2) is 24.3 Å². The van der Waals surface area contributed by atoms with Crippen molar-refractivity contribution in [3.63, 3.8) is 0 Å². The van der Waals surface area contributed by atoms with Gasteiger partial charge in [0, 0.05) is 11.6 Å². The van der Waals surface area contributed by atoms with Crippen LogP contribution in [0.4, 0.5) is 5.69 Å². The Labute approximate surface area is 119 Å². The first-order chi connectivity index (χ1) is 9.54. The summed E-state index contributed by atoms with van der Waals surface area (Å²) in [4.78, 5) is 22.9. The van der Waals surface area contributed by atoms with Crippen molar-refractivity contribution in [1.82, 2.24) is 0 Å². The van der Waals surface area contributed by atoms with Gasteiger partial charge in [-0.25, -0.2) is 4.79 Å².